The van der Waals surface area contributed by atoms with Crippen molar-refractivity contribution in [1.82, 2.24) is 4.98 Å². The molecule has 5 nitrogen and oxygen atoms in total. The molecule has 0 radical (unpaired) electrons. The highest BCUT2D eigenvalue weighted by Gasteiger charge is 2.13. The lowest BCUT2D eigenvalue weighted by Crippen LogP contribution is -2.08. The van der Waals surface area contributed by atoms with Gasteiger partial charge in [0.1, 0.15) is 16.0 Å². The summed E-state index contributed by atoms with van der Waals surface area (Å²) >= 11 is 1.64. The van der Waals surface area contributed by atoms with E-state index in [-0.39, 0.29) is 5.56 Å². The molecule has 1 unspecified atom stereocenters. The summed E-state index contributed by atoms with van der Waals surface area (Å²) < 4.78 is 16.8. The summed E-state index contributed by atoms with van der Waals surface area (Å²) in [5.74, 6) is -1.01. The summed E-state index contributed by atoms with van der Waals surface area (Å²) in [5, 5.41) is 10.3. The smallest absolute Gasteiger partial charge is 0.336 e. The minimum atomic E-state index is -1.56. The van der Waals surface area contributed by atoms with Gasteiger partial charge in [0.15, 0.2) is 0 Å². The van der Waals surface area contributed by atoms with Crippen LogP contribution in [0.5, 0.6) is 0 Å². The van der Waals surface area contributed by atoms with E-state index < -0.39 is 17.0 Å². The molecule has 4 rings (SSSR count). The number of nitrogens with one attached hydrogen (secondary N) is 1. The molecule has 0 aliphatic carbocycles. The third kappa shape index (κ3) is 4.13. The number of fused-ring (bicyclic) bond motifs is 1. The zero-order chi connectivity index (χ0) is 21.3. The zero-order valence-corrected chi connectivity index (χ0v) is 18.1. The first-order chi connectivity index (χ1) is 14.4. The Kier molecular flexibility index (Phi) is 5.65. The number of benzene rings is 3. The molecule has 1 aromatic heterocycles. The molecular formula is C23H20N2O3S2. The maximum atomic E-state index is 12.7. The second kappa shape index (κ2) is 8.38. The highest BCUT2D eigenvalue weighted by Crippen LogP contribution is 2.31. The molecule has 0 saturated carbocycles. The van der Waals surface area contributed by atoms with Crippen molar-refractivity contribution in [1.29, 1.82) is 0 Å². The minimum Gasteiger partial charge on any atom is -0.478 e. The molecule has 7 heteroatoms. The Bertz CT molecular complexity index is 1260. The molecule has 3 aromatic carbocycles. The lowest BCUT2D eigenvalue weighted by atomic mass is 10.1. The maximum absolute atomic E-state index is 12.7. The monoisotopic (exact) mass is 436 g/mol. The normalized spacial score (nSPS) is 12.1. The van der Waals surface area contributed by atoms with Crippen LogP contribution in [0.25, 0.3) is 20.8 Å². The van der Waals surface area contributed by atoms with E-state index in [1.807, 2.05) is 37.3 Å². The molecule has 0 aliphatic heterocycles. The van der Waals surface area contributed by atoms with Gasteiger partial charge >= 0.3 is 5.97 Å². The Morgan fingerprint density at radius 3 is 2.57 bits per heavy atom. The van der Waals surface area contributed by atoms with Gasteiger partial charge < -0.3 is 9.83 Å². The van der Waals surface area contributed by atoms with E-state index in [0.717, 1.165) is 26.4 Å². The summed E-state index contributed by atoms with van der Waals surface area (Å²) in [7, 11) is -1.56. The van der Waals surface area contributed by atoms with Crippen LogP contribution in [0.1, 0.15) is 28.4 Å². The average molecular weight is 437 g/mol. The highest BCUT2D eigenvalue weighted by atomic mass is 32.2. The Hall–Kier alpha value is -3.03. The number of carboxylic acids is 1. The van der Waals surface area contributed by atoms with Gasteiger partial charge in [-0.2, -0.15) is 0 Å². The first-order valence-corrected chi connectivity index (χ1v) is 11.4. The number of aromatic carboxylic acids is 1. The number of hydrogen-bond acceptors (Lipinski definition) is 4. The highest BCUT2D eigenvalue weighted by molar-refractivity contribution is 7.86. The summed E-state index contributed by atoms with van der Waals surface area (Å²) in [5.41, 5.74) is 4.77. The van der Waals surface area contributed by atoms with E-state index in [0.29, 0.717) is 17.0 Å². The van der Waals surface area contributed by atoms with Crippen LogP contribution in [0.4, 0.5) is 5.69 Å². The van der Waals surface area contributed by atoms with Gasteiger partial charge in [-0.05, 0) is 73.0 Å². The summed E-state index contributed by atoms with van der Waals surface area (Å²) in [4.78, 5) is 16.6. The maximum Gasteiger partial charge on any atom is 0.336 e. The van der Waals surface area contributed by atoms with Crippen LogP contribution in [0.3, 0.4) is 0 Å². The molecule has 30 heavy (non-hydrogen) atoms. The number of rotatable bonds is 6. The molecule has 0 fully saturated rings. The van der Waals surface area contributed by atoms with E-state index in [2.05, 4.69) is 28.8 Å². The molecule has 4 aromatic rings. The summed E-state index contributed by atoms with van der Waals surface area (Å²) in [6, 6.07) is 18.7. The summed E-state index contributed by atoms with van der Waals surface area (Å²) in [6.07, 6.45) is 0.606. The van der Waals surface area contributed by atoms with Crippen molar-refractivity contribution in [2.75, 3.05) is 4.72 Å². The van der Waals surface area contributed by atoms with E-state index in [1.165, 1.54) is 11.6 Å². The van der Waals surface area contributed by atoms with Crippen LogP contribution >= 0.6 is 11.3 Å². The first-order valence-electron chi connectivity index (χ1n) is 9.47. The van der Waals surface area contributed by atoms with Crippen LogP contribution in [-0.2, 0) is 17.4 Å². The van der Waals surface area contributed by atoms with Gasteiger partial charge in [-0.25, -0.2) is 14.0 Å². The van der Waals surface area contributed by atoms with Crippen LogP contribution in [-0.4, -0.2) is 20.3 Å². The molecule has 0 amide bonds. The van der Waals surface area contributed by atoms with E-state index in [4.69, 9.17) is 0 Å². The largest absolute Gasteiger partial charge is 0.478 e. The third-order valence-corrected chi connectivity index (χ3v) is 6.96. The van der Waals surface area contributed by atoms with Gasteiger partial charge in [-0.1, -0.05) is 19.1 Å². The Morgan fingerprint density at radius 1 is 1.10 bits per heavy atom. The van der Waals surface area contributed by atoms with Crippen molar-refractivity contribution in [2.45, 2.75) is 25.2 Å². The van der Waals surface area contributed by atoms with Crippen molar-refractivity contribution >= 4 is 44.2 Å². The fraction of sp³-hybridized carbons (Fsp3) is 0.130. The lowest BCUT2D eigenvalue weighted by molar-refractivity contribution is 0.0695. The van der Waals surface area contributed by atoms with Crippen molar-refractivity contribution in [3.05, 3.63) is 77.4 Å². The van der Waals surface area contributed by atoms with E-state index >= 15 is 0 Å². The predicted molar refractivity (Wildman–Crippen MR) is 123 cm³/mol. The zero-order valence-electron chi connectivity index (χ0n) is 16.5. The quantitative estimate of drug-likeness (QED) is 0.408. The molecule has 1 heterocycles. The van der Waals surface area contributed by atoms with Crippen LogP contribution < -0.4 is 4.72 Å². The van der Waals surface area contributed by atoms with Gasteiger partial charge in [0, 0.05) is 11.3 Å². The molecule has 0 bridgehead atoms. The number of nitrogens with zero attached hydrogens (tertiary/aromatic N) is 1. The van der Waals surface area contributed by atoms with Gasteiger partial charge in [-0.15, -0.1) is 11.3 Å². The number of anilines is 1. The molecule has 0 saturated heterocycles. The van der Waals surface area contributed by atoms with Crippen molar-refractivity contribution in [2.24, 2.45) is 0 Å². The fourth-order valence-electron chi connectivity index (χ4n) is 3.18. The molecule has 0 aliphatic rings. The number of carbonyl (C=O) groups is 1. The average Bonchev–Trinajstić information content (AvgIpc) is 3.16. The first kappa shape index (κ1) is 20.3. The topological polar surface area (TPSA) is 79.3 Å². The number of carboxylic acid groups (broad SMARTS) is 1. The van der Waals surface area contributed by atoms with Crippen molar-refractivity contribution in [3.63, 3.8) is 0 Å². The number of thiazole rings is 1. The molecule has 0 spiro atoms. The second-order valence-corrected chi connectivity index (χ2v) is 9.16. The van der Waals surface area contributed by atoms with Crippen molar-refractivity contribution < 1.29 is 14.1 Å². The second-order valence-electron chi connectivity index (χ2n) is 6.92. The summed E-state index contributed by atoms with van der Waals surface area (Å²) in [6.45, 7) is 3.96. The predicted octanol–water partition coefficient (Wildman–Crippen LogP) is 5.67. The van der Waals surface area contributed by atoms with Crippen LogP contribution in [0, 0.1) is 6.92 Å². The third-order valence-electron chi connectivity index (χ3n) is 4.79. The van der Waals surface area contributed by atoms with Crippen LogP contribution in [0.2, 0.25) is 0 Å². The Morgan fingerprint density at radius 2 is 1.87 bits per heavy atom. The SMILES string of the molecule is CCc1ccc(S(=O)Nc2ccc(-c3nc4ccc(C)cc4s3)cc2)cc1C(=O)O. The van der Waals surface area contributed by atoms with Gasteiger partial charge in [0.05, 0.1) is 20.7 Å². The van der Waals surface area contributed by atoms with Gasteiger partial charge in [0.2, 0.25) is 0 Å². The number of aromatic nitrogens is 1. The molecule has 1 atom stereocenters. The Balaban J connectivity index is 1.53. The lowest BCUT2D eigenvalue weighted by Gasteiger charge is -2.09. The standard InChI is InChI=1S/C23H20N2O3S2/c1-3-15-7-10-18(13-19(15)23(26)27)30(28)25-17-8-5-16(6-9-17)22-24-20-11-4-14(2)12-21(20)29-22/h4-13,25H,3H2,1-2H3,(H,26,27). The number of hydrogen-bond donors (Lipinski definition) is 2. The van der Waals surface area contributed by atoms with Gasteiger partial charge in [-0.3, -0.25) is 0 Å². The van der Waals surface area contributed by atoms with E-state index in [1.54, 1.807) is 23.5 Å². The number of aryl methyl sites for hydroxylation is 2. The van der Waals surface area contributed by atoms with Gasteiger partial charge in [0.25, 0.3) is 0 Å². The molecule has 2 N–H and O–H groups in total. The molecule has 152 valence electrons. The van der Waals surface area contributed by atoms with Crippen molar-refractivity contribution in [3.8, 4) is 10.6 Å². The minimum absolute atomic E-state index is 0.187. The molecular weight excluding hydrogens is 416 g/mol. The fourth-order valence-corrected chi connectivity index (χ4v) is 5.13. The van der Waals surface area contributed by atoms with Crippen LogP contribution in [0.15, 0.2) is 65.6 Å². The van der Waals surface area contributed by atoms with E-state index in [9.17, 15) is 14.1 Å². The Labute approximate surface area is 181 Å².